The molecule has 1 aliphatic heterocycles. The summed E-state index contributed by atoms with van der Waals surface area (Å²) in [7, 11) is 0. The van der Waals surface area contributed by atoms with Gasteiger partial charge in [0.25, 0.3) is 0 Å². The van der Waals surface area contributed by atoms with Crippen LogP contribution in [0.1, 0.15) is 54.9 Å². The quantitative estimate of drug-likeness (QED) is 0.306. The SMILES string of the molecule is CC=C(C)C(=O)O[C@H]1C[C@](C)(O)[C@@H]2[C@@H](C(C)=C[C@H]2OC(=O)C(C)=CC)[C@@H]2OC(=O)[C@H](C)[C@@H]21. The molecule has 8 atom stereocenters. The van der Waals surface area contributed by atoms with Gasteiger partial charge in [0.05, 0.1) is 11.5 Å². The van der Waals surface area contributed by atoms with Crippen molar-refractivity contribution in [3.05, 3.63) is 34.9 Å². The van der Waals surface area contributed by atoms with Crippen molar-refractivity contribution in [2.45, 2.75) is 78.8 Å². The van der Waals surface area contributed by atoms with E-state index < -0.39 is 53.6 Å². The van der Waals surface area contributed by atoms with Crippen molar-refractivity contribution in [1.29, 1.82) is 0 Å². The maximum absolute atomic E-state index is 12.6. The van der Waals surface area contributed by atoms with Gasteiger partial charge in [-0.2, -0.15) is 0 Å². The van der Waals surface area contributed by atoms with Crippen LogP contribution in [0.2, 0.25) is 0 Å². The fourth-order valence-corrected chi connectivity index (χ4v) is 5.36. The number of fused-ring (bicyclic) bond motifs is 3. The van der Waals surface area contributed by atoms with E-state index in [0.717, 1.165) is 5.57 Å². The zero-order valence-corrected chi connectivity index (χ0v) is 19.9. The molecule has 176 valence electrons. The van der Waals surface area contributed by atoms with Gasteiger partial charge in [0.1, 0.15) is 18.3 Å². The zero-order valence-electron chi connectivity index (χ0n) is 19.9. The fraction of sp³-hybridized carbons (Fsp3) is 0.640. The summed E-state index contributed by atoms with van der Waals surface area (Å²) in [5, 5.41) is 11.6. The van der Waals surface area contributed by atoms with Gasteiger partial charge >= 0.3 is 17.9 Å². The largest absolute Gasteiger partial charge is 0.461 e. The molecule has 0 unspecified atom stereocenters. The molecule has 0 bridgehead atoms. The van der Waals surface area contributed by atoms with Gasteiger partial charge in [0, 0.05) is 35.3 Å². The van der Waals surface area contributed by atoms with E-state index in [9.17, 15) is 19.5 Å². The van der Waals surface area contributed by atoms with E-state index in [1.54, 1.807) is 53.7 Å². The summed E-state index contributed by atoms with van der Waals surface area (Å²) in [6, 6.07) is 0. The predicted molar refractivity (Wildman–Crippen MR) is 117 cm³/mol. The van der Waals surface area contributed by atoms with Crippen LogP contribution in [0.15, 0.2) is 34.9 Å². The first-order valence-corrected chi connectivity index (χ1v) is 11.2. The Hall–Kier alpha value is -2.41. The molecule has 3 aliphatic rings. The highest BCUT2D eigenvalue weighted by Gasteiger charge is 2.62. The number of rotatable bonds is 4. The van der Waals surface area contributed by atoms with Crippen molar-refractivity contribution in [3.63, 3.8) is 0 Å². The van der Waals surface area contributed by atoms with Crippen molar-refractivity contribution in [1.82, 2.24) is 0 Å². The van der Waals surface area contributed by atoms with Gasteiger partial charge in [0.15, 0.2) is 0 Å². The molecule has 1 saturated carbocycles. The second kappa shape index (κ2) is 8.85. The lowest BCUT2D eigenvalue weighted by Crippen LogP contribution is -2.46. The second-order valence-electron chi connectivity index (χ2n) is 9.55. The standard InChI is InChI=1S/C25H34O7/c1-8-12(3)22(26)30-16-10-14(5)18-20(16)25(7,29)11-17(31-23(27)13(4)9-2)19-15(6)24(28)32-21(18)19/h8-10,15-21,29H,11H2,1-7H3/t15-,16-,17+,18-,19-,20+,21+,25+/m1/s1. The van der Waals surface area contributed by atoms with Crippen LogP contribution in [-0.4, -0.2) is 46.9 Å². The Kier molecular flexibility index (Phi) is 6.70. The Labute approximate surface area is 189 Å². The molecule has 3 rings (SSSR count). The molecular weight excluding hydrogens is 412 g/mol. The molecule has 32 heavy (non-hydrogen) atoms. The molecule has 0 aromatic heterocycles. The smallest absolute Gasteiger partial charge is 0.333 e. The van der Waals surface area contributed by atoms with Crippen LogP contribution in [0, 0.1) is 23.7 Å². The molecule has 1 N–H and O–H groups in total. The van der Waals surface area contributed by atoms with Gasteiger partial charge in [-0.3, -0.25) is 4.79 Å². The minimum Gasteiger partial charge on any atom is -0.461 e. The van der Waals surface area contributed by atoms with Gasteiger partial charge in [-0.15, -0.1) is 0 Å². The van der Waals surface area contributed by atoms with E-state index >= 15 is 0 Å². The summed E-state index contributed by atoms with van der Waals surface area (Å²) < 4.78 is 17.4. The number of allylic oxidation sites excluding steroid dienone is 2. The average molecular weight is 447 g/mol. The molecule has 7 nitrogen and oxygen atoms in total. The first kappa shape index (κ1) is 24.2. The first-order chi connectivity index (χ1) is 14.9. The fourth-order valence-electron chi connectivity index (χ4n) is 5.36. The lowest BCUT2D eigenvalue weighted by atomic mass is 9.75. The monoisotopic (exact) mass is 446 g/mol. The number of esters is 3. The molecule has 2 fully saturated rings. The lowest BCUT2D eigenvalue weighted by molar-refractivity contribution is -0.158. The minimum atomic E-state index is -1.33. The highest BCUT2D eigenvalue weighted by atomic mass is 16.6. The van der Waals surface area contributed by atoms with Crippen molar-refractivity contribution in [3.8, 4) is 0 Å². The molecule has 2 aliphatic carbocycles. The number of ether oxygens (including phenoxy) is 3. The molecule has 7 heteroatoms. The third-order valence-corrected chi connectivity index (χ3v) is 7.40. The normalized spacial score (nSPS) is 39.4. The Bertz CT molecular complexity index is 894. The first-order valence-electron chi connectivity index (χ1n) is 11.2. The Morgan fingerprint density at radius 3 is 2.28 bits per heavy atom. The highest BCUT2D eigenvalue weighted by molar-refractivity contribution is 5.88. The van der Waals surface area contributed by atoms with E-state index in [1.165, 1.54) is 0 Å². The molecular formula is C25H34O7. The summed E-state index contributed by atoms with van der Waals surface area (Å²) in [6.07, 6.45) is 3.31. The summed E-state index contributed by atoms with van der Waals surface area (Å²) >= 11 is 0. The van der Waals surface area contributed by atoms with Crippen LogP contribution in [0.25, 0.3) is 0 Å². The molecule has 1 heterocycles. The molecule has 1 saturated heterocycles. The van der Waals surface area contributed by atoms with E-state index in [1.807, 2.05) is 13.0 Å². The topological polar surface area (TPSA) is 99.1 Å². The summed E-state index contributed by atoms with van der Waals surface area (Å²) in [6.45, 7) is 12.2. The average Bonchev–Trinajstić information content (AvgIpc) is 3.18. The minimum absolute atomic E-state index is 0.108. The van der Waals surface area contributed by atoms with Gasteiger partial charge in [-0.05, 0) is 47.6 Å². The molecule has 0 radical (unpaired) electrons. The van der Waals surface area contributed by atoms with Crippen molar-refractivity contribution in [2.75, 3.05) is 0 Å². The zero-order chi connectivity index (χ0) is 24.0. The molecule has 0 spiro atoms. The van der Waals surface area contributed by atoms with Crippen LogP contribution < -0.4 is 0 Å². The summed E-state index contributed by atoms with van der Waals surface area (Å²) in [5.41, 5.74) is 0.479. The van der Waals surface area contributed by atoms with Gasteiger partial charge in [0.2, 0.25) is 0 Å². The van der Waals surface area contributed by atoms with Gasteiger partial charge < -0.3 is 19.3 Å². The van der Waals surface area contributed by atoms with Crippen molar-refractivity contribution >= 4 is 17.9 Å². The summed E-state index contributed by atoms with van der Waals surface area (Å²) in [5.74, 6) is -3.06. The number of carbonyl (C=O) groups excluding carboxylic acids is 3. The van der Waals surface area contributed by atoms with Crippen LogP contribution in [0.3, 0.4) is 0 Å². The second-order valence-corrected chi connectivity index (χ2v) is 9.55. The molecule has 0 aromatic rings. The molecule has 0 amide bonds. The third-order valence-electron chi connectivity index (χ3n) is 7.40. The number of hydrogen-bond donors (Lipinski definition) is 1. The van der Waals surface area contributed by atoms with E-state index in [0.29, 0.717) is 11.1 Å². The van der Waals surface area contributed by atoms with Gasteiger partial charge in [-0.25, -0.2) is 9.59 Å². The maximum Gasteiger partial charge on any atom is 0.333 e. The van der Waals surface area contributed by atoms with Crippen LogP contribution in [0.5, 0.6) is 0 Å². The van der Waals surface area contributed by atoms with Gasteiger partial charge in [-0.1, -0.05) is 24.6 Å². The van der Waals surface area contributed by atoms with Crippen molar-refractivity contribution in [2.24, 2.45) is 23.7 Å². The summed E-state index contributed by atoms with van der Waals surface area (Å²) in [4.78, 5) is 37.7. The van der Waals surface area contributed by atoms with E-state index in [4.69, 9.17) is 14.2 Å². The number of carbonyl (C=O) groups is 3. The Morgan fingerprint density at radius 2 is 1.72 bits per heavy atom. The van der Waals surface area contributed by atoms with Crippen LogP contribution in [0.4, 0.5) is 0 Å². The Balaban J connectivity index is 2.02. The third kappa shape index (κ3) is 4.15. The maximum atomic E-state index is 12.6. The number of aliphatic hydroxyl groups is 1. The Morgan fingerprint density at radius 1 is 1.16 bits per heavy atom. The van der Waals surface area contributed by atoms with E-state index in [-0.39, 0.29) is 18.3 Å². The predicted octanol–water partition coefficient (Wildman–Crippen LogP) is 3.27. The lowest BCUT2D eigenvalue weighted by Gasteiger charge is -2.37. The van der Waals surface area contributed by atoms with Crippen LogP contribution in [-0.2, 0) is 28.6 Å². The van der Waals surface area contributed by atoms with E-state index in [2.05, 4.69) is 0 Å². The van der Waals surface area contributed by atoms with Crippen LogP contribution >= 0.6 is 0 Å². The highest BCUT2D eigenvalue weighted by Crippen LogP contribution is 2.53. The molecule has 0 aromatic carbocycles. The van der Waals surface area contributed by atoms with Crippen molar-refractivity contribution < 1.29 is 33.7 Å². The number of hydrogen-bond acceptors (Lipinski definition) is 7.